The van der Waals surface area contributed by atoms with Crippen molar-refractivity contribution in [3.05, 3.63) is 0 Å². The lowest BCUT2D eigenvalue weighted by Crippen LogP contribution is -2.35. The van der Waals surface area contributed by atoms with Gasteiger partial charge in [-0.15, -0.1) is 0 Å². The molecule has 0 aromatic carbocycles. The van der Waals surface area contributed by atoms with Crippen LogP contribution in [0.15, 0.2) is 0 Å². The van der Waals surface area contributed by atoms with E-state index in [2.05, 4.69) is 5.32 Å². The van der Waals surface area contributed by atoms with Crippen LogP contribution < -0.4 is 5.32 Å². The van der Waals surface area contributed by atoms with Gasteiger partial charge >= 0.3 is 0 Å². The third-order valence-electron chi connectivity index (χ3n) is 1.96. The number of rotatable bonds is 10. The van der Waals surface area contributed by atoms with E-state index in [1.54, 1.807) is 14.2 Å². The van der Waals surface area contributed by atoms with E-state index in [0.717, 1.165) is 6.54 Å². The summed E-state index contributed by atoms with van der Waals surface area (Å²) < 4.78 is 15.0. The van der Waals surface area contributed by atoms with Crippen LogP contribution in [0.5, 0.6) is 0 Å². The van der Waals surface area contributed by atoms with E-state index in [-0.39, 0.29) is 6.10 Å². The zero-order valence-corrected chi connectivity index (χ0v) is 9.86. The predicted molar refractivity (Wildman–Crippen MR) is 58.0 cm³/mol. The fraction of sp³-hybridized carbons (Fsp3) is 1.00. The monoisotopic (exact) mass is 221 g/mol. The van der Waals surface area contributed by atoms with Gasteiger partial charge in [0.1, 0.15) is 0 Å². The number of aliphatic hydroxyl groups excluding tert-OH is 1. The summed E-state index contributed by atoms with van der Waals surface area (Å²) in [6.45, 7) is 4.61. The number of ether oxygens (including phenoxy) is 3. The van der Waals surface area contributed by atoms with E-state index in [1.807, 2.05) is 6.92 Å². The fourth-order valence-electron chi connectivity index (χ4n) is 0.957. The molecule has 92 valence electrons. The first-order valence-corrected chi connectivity index (χ1v) is 5.19. The Balaban J connectivity index is 3.21. The summed E-state index contributed by atoms with van der Waals surface area (Å²) in [5, 5.41) is 12.6. The molecule has 0 rings (SSSR count). The van der Waals surface area contributed by atoms with Crippen molar-refractivity contribution < 1.29 is 19.3 Å². The molecule has 2 N–H and O–H groups in total. The summed E-state index contributed by atoms with van der Waals surface area (Å²) in [6.07, 6.45) is -0.322. The Morgan fingerprint density at radius 2 is 1.93 bits per heavy atom. The van der Waals surface area contributed by atoms with Crippen LogP contribution in [0.3, 0.4) is 0 Å². The smallest absolute Gasteiger partial charge is 0.0897 e. The molecule has 0 saturated heterocycles. The minimum atomic E-state index is -0.481. The highest BCUT2D eigenvalue weighted by molar-refractivity contribution is 4.61. The van der Waals surface area contributed by atoms with Crippen LogP contribution >= 0.6 is 0 Å². The van der Waals surface area contributed by atoms with Crippen molar-refractivity contribution >= 4 is 0 Å². The van der Waals surface area contributed by atoms with Crippen molar-refractivity contribution in [1.29, 1.82) is 0 Å². The molecule has 0 aliphatic heterocycles. The lowest BCUT2D eigenvalue weighted by molar-refractivity contribution is 0.0124. The molecule has 0 aromatic heterocycles. The number of hydrogen-bond donors (Lipinski definition) is 2. The summed E-state index contributed by atoms with van der Waals surface area (Å²) in [7, 11) is 3.28. The molecule has 0 fully saturated rings. The molecular weight excluding hydrogens is 198 g/mol. The standard InChI is InChI=1S/C10H23NO4/c1-9(14-3)6-11-7-10(12)8-15-5-4-13-2/h9-12H,4-8H2,1-3H3. The Morgan fingerprint density at radius 3 is 2.53 bits per heavy atom. The minimum absolute atomic E-state index is 0.159. The summed E-state index contributed by atoms with van der Waals surface area (Å²) in [4.78, 5) is 0. The van der Waals surface area contributed by atoms with Crippen LogP contribution in [0.4, 0.5) is 0 Å². The van der Waals surface area contributed by atoms with Gasteiger partial charge in [-0.1, -0.05) is 0 Å². The first-order chi connectivity index (χ1) is 7.20. The second-order valence-electron chi connectivity index (χ2n) is 3.43. The Kier molecular flexibility index (Phi) is 10.2. The van der Waals surface area contributed by atoms with E-state index in [9.17, 15) is 5.11 Å². The van der Waals surface area contributed by atoms with Gasteiger partial charge in [0.05, 0.1) is 32.0 Å². The van der Waals surface area contributed by atoms with Crippen LogP contribution in [0.2, 0.25) is 0 Å². The van der Waals surface area contributed by atoms with Crippen LogP contribution in [-0.2, 0) is 14.2 Å². The quantitative estimate of drug-likeness (QED) is 0.493. The highest BCUT2D eigenvalue weighted by Crippen LogP contribution is 1.87. The van der Waals surface area contributed by atoms with E-state index in [1.165, 1.54) is 0 Å². The Bertz CT molecular complexity index is 135. The maximum atomic E-state index is 9.46. The summed E-state index contributed by atoms with van der Waals surface area (Å²) in [5.41, 5.74) is 0. The van der Waals surface area contributed by atoms with E-state index in [0.29, 0.717) is 26.4 Å². The van der Waals surface area contributed by atoms with Gasteiger partial charge in [0.25, 0.3) is 0 Å². The normalized spacial score (nSPS) is 15.2. The van der Waals surface area contributed by atoms with Gasteiger partial charge in [0.2, 0.25) is 0 Å². The van der Waals surface area contributed by atoms with Gasteiger partial charge in [-0.05, 0) is 6.92 Å². The molecule has 0 aromatic rings. The molecular formula is C10H23NO4. The Morgan fingerprint density at radius 1 is 1.20 bits per heavy atom. The molecule has 0 saturated carbocycles. The number of methoxy groups -OCH3 is 2. The lowest BCUT2D eigenvalue weighted by atomic mass is 10.3. The molecule has 0 spiro atoms. The molecule has 0 heterocycles. The molecule has 2 atom stereocenters. The van der Waals surface area contributed by atoms with Gasteiger partial charge in [-0.25, -0.2) is 0 Å². The van der Waals surface area contributed by atoms with Gasteiger partial charge in [0.15, 0.2) is 0 Å². The SMILES string of the molecule is COCCOCC(O)CNCC(C)OC. The van der Waals surface area contributed by atoms with Crippen molar-refractivity contribution in [2.45, 2.75) is 19.1 Å². The molecule has 0 bridgehead atoms. The fourth-order valence-corrected chi connectivity index (χ4v) is 0.957. The zero-order chi connectivity index (χ0) is 11.5. The molecule has 0 aliphatic rings. The zero-order valence-electron chi connectivity index (χ0n) is 9.86. The molecule has 0 radical (unpaired) electrons. The van der Waals surface area contributed by atoms with Crippen molar-refractivity contribution in [3.63, 3.8) is 0 Å². The molecule has 0 aliphatic carbocycles. The average molecular weight is 221 g/mol. The number of hydrogen-bond acceptors (Lipinski definition) is 5. The first-order valence-electron chi connectivity index (χ1n) is 5.19. The highest BCUT2D eigenvalue weighted by Gasteiger charge is 2.05. The van der Waals surface area contributed by atoms with Crippen LogP contribution in [0.25, 0.3) is 0 Å². The maximum absolute atomic E-state index is 9.46. The van der Waals surface area contributed by atoms with Gasteiger partial charge in [0, 0.05) is 27.3 Å². The van der Waals surface area contributed by atoms with E-state index >= 15 is 0 Å². The Labute approximate surface area is 91.7 Å². The first kappa shape index (κ1) is 14.8. The third kappa shape index (κ3) is 10.1. The molecule has 15 heavy (non-hydrogen) atoms. The van der Waals surface area contributed by atoms with E-state index < -0.39 is 6.10 Å². The van der Waals surface area contributed by atoms with Gasteiger partial charge in [-0.2, -0.15) is 0 Å². The largest absolute Gasteiger partial charge is 0.389 e. The predicted octanol–water partition coefficient (Wildman–Crippen LogP) is -0.365. The molecule has 5 heteroatoms. The number of nitrogens with one attached hydrogen (secondary N) is 1. The lowest BCUT2D eigenvalue weighted by Gasteiger charge is -2.14. The van der Waals surface area contributed by atoms with E-state index in [4.69, 9.17) is 14.2 Å². The van der Waals surface area contributed by atoms with Crippen LogP contribution in [0, 0.1) is 0 Å². The van der Waals surface area contributed by atoms with Gasteiger partial charge in [-0.3, -0.25) is 0 Å². The Hall–Kier alpha value is -0.200. The molecule has 5 nitrogen and oxygen atoms in total. The van der Waals surface area contributed by atoms with Crippen molar-refractivity contribution in [2.75, 3.05) is 47.1 Å². The highest BCUT2D eigenvalue weighted by atomic mass is 16.5. The third-order valence-corrected chi connectivity index (χ3v) is 1.96. The van der Waals surface area contributed by atoms with Crippen LogP contribution in [0.1, 0.15) is 6.92 Å². The minimum Gasteiger partial charge on any atom is -0.389 e. The maximum Gasteiger partial charge on any atom is 0.0897 e. The van der Waals surface area contributed by atoms with Crippen molar-refractivity contribution in [1.82, 2.24) is 5.32 Å². The average Bonchev–Trinajstić information content (AvgIpc) is 2.24. The van der Waals surface area contributed by atoms with Gasteiger partial charge < -0.3 is 24.6 Å². The topological polar surface area (TPSA) is 60.0 Å². The summed E-state index contributed by atoms with van der Waals surface area (Å²) >= 11 is 0. The van der Waals surface area contributed by atoms with Crippen molar-refractivity contribution in [2.24, 2.45) is 0 Å². The molecule has 2 unspecified atom stereocenters. The second-order valence-corrected chi connectivity index (χ2v) is 3.43. The summed E-state index contributed by atoms with van der Waals surface area (Å²) in [5.74, 6) is 0. The van der Waals surface area contributed by atoms with Crippen LogP contribution in [-0.4, -0.2) is 64.4 Å². The number of aliphatic hydroxyl groups is 1. The summed E-state index contributed by atoms with van der Waals surface area (Å²) in [6, 6.07) is 0. The van der Waals surface area contributed by atoms with Crippen molar-refractivity contribution in [3.8, 4) is 0 Å². The second kappa shape index (κ2) is 10.3. The molecule has 0 amide bonds.